The number of para-hydroxylation sites is 1. The summed E-state index contributed by atoms with van der Waals surface area (Å²) < 4.78 is 71.9. The molecule has 0 bridgehead atoms. The molecule has 128 valence electrons. The number of hydrogen-bond donors (Lipinski definition) is 0. The molecule has 0 aliphatic carbocycles. The second-order valence-corrected chi connectivity index (χ2v) is 4.63. The van der Waals surface area contributed by atoms with Gasteiger partial charge in [0.05, 0.1) is 4.92 Å². The molecule has 3 aromatic rings. The van der Waals surface area contributed by atoms with Crippen molar-refractivity contribution in [2.45, 2.75) is 0 Å². The zero-order chi connectivity index (χ0) is 18.3. The lowest BCUT2D eigenvalue weighted by atomic mass is 10.1. The van der Waals surface area contributed by atoms with Crippen LogP contribution >= 0.6 is 0 Å². The van der Waals surface area contributed by atoms with Crippen molar-refractivity contribution in [2.75, 3.05) is 0 Å². The second kappa shape index (κ2) is 5.92. The summed E-state index contributed by atoms with van der Waals surface area (Å²) in [4.78, 5) is 10.2. The molecule has 0 N–H and O–H groups in total. The summed E-state index contributed by atoms with van der Waals surface area (Å²) in [5.74, 6) is -12.5. The normalized spacial score (nSPS) is 10.9. The predicted molar refractivity (Wildman–Crippen MR) is 71.6 cm³/mol. The molecular formula is C14H4F5N3O3. The number of nitro groups is 1. The third-order valence-corrected chi connectivity index (χ3v) is 3.18. The number of nitrogens with zero attached hydrogens (tertiary/aromatic N) is 3. The van der Waals surface area contributed by atoms with Crippen LogP contribution in [0.15, 0.2) is 28.7 Å². The van der Waals surface area contributed by atoms with E-state index in [4.69, 9.17) is 4.42 Å². The van der Waals surface area contributed by atoms with Crippen LogP contribution in [0.3, 0.4) is 0 Å². The Balaban J connectivity index is 2.18. The van der Waals surface area contributed by atoms with Gasteiger partial charge < -0.3 is 4.42 Å². The van der Waals surface area contributed by atoms with Crippen LogP contribution in [-0.2, 0) is 0 Å². The van der Waals surface area contributed by atoms with E-state index in [2.05, 4.69) is 10.2 Å². The Kier molecular flexibility index (Phi) is 3.91. The van der Waals surface area contributed by atoms with E-state index in [0.29, 0.717) is 0 Å². The van der Waals surface area contributed by atoms with Crippen molar-refractivity contribution >= 4 is 5.69 Å². The molecule has 0 aliphatic heterocycles. The van der Waals surface area contributed by atoms with E-state index in [-0.39, 0.29) is 5.56 Å². The molecule has 1 heterocycles. The minimum absolute atomic E-state index is 0.185. The topological polar surface area (TPSA) is 82.1 Å². The second-order valence-electron chi connectivity index (χ2n) is 4.63. The molecule has 0 atom stereocenters. The summed E-state index contributed by atoms with van der Waals surface area (Å²) in [5, 5.41) is 17.6. The molecule has 0 radical (unpaired) electrons. The fourth-order valence-electron chi connectivity index (χ4n) is 2.04. The zero-order valence-electron chi connectivity index (χ0n) is 11.8. The maximum atomic E-state index is 13.8. The van der Waals surface area contributed by atoms with Gasteiger partial charge in [-0.2, -0.15) is 0 Å². The van der Waals surface area contributed by atoms with Crippen molar-refractivity contribution in [1.29, 1.82) is 0 Å². The minimum Gasteiger partial charge on any atom is -0.416 e. The van der Waals surface area contributed by atoms with Crippen molar-refractivity contribution < 1.29 is 31.3 Å². The Morgan fingerprint density at radius 3 is 1.96 bits per heavy atom. The molecule has 0 aliphatic rings. The molecule has 2 aromatic carbocycles. The first-order chi connectivity index (χ1) is 11.8. The number of halogens is 5. The third-order valence-electron chi connectivity index (χ3n) is 3.18. The first-order valence-corrected chi connectivity index (χ1v) is 6.42. The number of hydrogen-bond acceptors (Lipinski definition) is 5. The zero-order valence-corrected chi connectivity index (χ0v) is 11.8. The first-order valence-electron chi connectivity index (χ1n) is 6.42. The van der Waals surface area contributed by atoms with E-state index in [0.717, 1.165) is 6.07 Å². The largest absolute Gasteiger partial charge is 0.416 e. The maximum absolute atomic E-state index is 13.8. The van der Waals surface area contributed by atoms with Crippen LogP contribution < -0.4 is 0 Å². The average molecular weight is 357 g/mol. The highest BCUT2D eigenvalue weighted by Gasteiger charge is 2.30. The number of aromatic nitrogens is 2. The van der Waals surface area contributed by atoms with Crippen molar-refractivity contribution in [2.24, 2.45) is 0 Å². The number of rotatable bonds is 3. The molecule has 25 heavy (non-hydrogen) atoms. The highest BCUT2D eigenvalue weighted by molar-refractivity contribution is 5.67. The molecule has 1 aromatic heterocycles. The third kappa shape index (κ3) is 2.58. The van der Waals surface area contributed by atoms with Gasteiger partial charge in [-0.05, 0) is 6.07 Å². The van der Waals surface area contributed by atoms with Gasteiger partial charge in [-0.25, -0.2) is 22.0 Å². The smallest absolute Gasteiger partial charge is 0.282 e. The predicted octanol–water partition coefficient (Wildman–Crippen LogP) is 4.01. The van der Waals surface area contributed by atoms with Crippen molar-refractivity contribution in [3.63, 3.8) is 0 Å². The Hall–Kier alpha value is -3.37. The van der Waals surface area contributed by atoms with Crippen LogP contribution in [0, 0.1) is 39.2 Å². The van der Waals surface area contributed by atoms with Gasteiger partial charge in [0.25, 0.3) is 17.5 Å². The van der Waals surface area contributed by atoms with Gasteiger partial charge in [-0.15, -0.1) is 10.2 Å². The van der Waals surface area contributed by atoms with Crippen LogP contribution in [0.5, 0.6) is 0 Å². The molecule has 11 heteroatoms. The SMILES string of the molecule is O=[N+]([O-])c1ccccc1-c1nnc(-c2c(F)c(F)c(F)c(F)c2F)o1. The van der Waals surface area contributed by atoms with Crippen LogP contribution in [0.4, 0.5) is 27.6 Å². The lowest BCUT2D eigenvalue weighted by Gasteiger charge is -2.04. The van der Waals surface area contributed by atoms with E-state index in [1.54, 1.807) is 0 Å². The summed E-state index contributed by atoms with van der Waals surface area (Å²) in [6.07, 6.45) is 0. The highest BCUT2D eigenvalue weighted by Crippen LogP contribution is 2.34. The molecule has 0 amide bonds. The van der Waals surface area contributed by atoms with Crippen molar-refractivity contribution in [3.05, 3.63) is 63.5 Å². The average Bonchev–Trinajstić information content (AvgIpc) is 3.08. The standard InChI is InChI=1S/C14H4F5N3O3/c15-8-7(9(16)11(18)12(19)10(8)17)14-21-20-13(25-14)5-3-1-2-4-6(5)22(23)24/h1-4H. The van der Waals surface area contributed by atoms with Gasteiger partial charge in [0.1, 0.15) is 11.1 Å². The first kappa shape index (κ1) is 16.5. The summed E-state index contributed by atoms with van der Waals surface area (Å²) in [7, 11) is 0. The Morgan fingerprint density at radius 1 is 0.840 bits per heavy atom. The van der Waals surface area contributed by atoms with Gasteiger partial charge in [-0.1, -0.05) is 12.1 Å². The monoisotopic (exact) mass is 357 g/mol. The van der Waals surface area contributed by atoms with E-state index in [1.807, 2.05) is 0 Å². The van der Waals surface area contributed by atoms with Crippen LogP contribution in [-0.4, -0.2) is 15.1 Å². The van der Waals surface area contributed by atoms with Gasteiger partial charge in [-0.3, -0.25) is 10.1 Å². The molecule has 0 spiro atoms. The molecule has 0 saturated heterocycles. The maximum Gasteiger partial charge on any atom is 0.282 e. The lowest BCUT2D eigenvalue weighted by Crippen LogP contribution is -2.04. The van der Waals surface area contributed by atoms with Gasteiger partial charge >= 0.3 is 0 Å². The molecule has 0 saturated carbocycles. The van der Waals surface area contributed by atoms with Crippen LogP contribution in [0.25, 0.3) is 22.9 Å². The quantitative estimate of drug-likeness (QED) is 0.233. The fourth-order valence-corrected chi connectivity index (χ4v) is 2.04. The summed E-state index contributed by atoms with van der Waals surface area (Å²) in [6, 6.07) is 5.07. The Bertz CT molecular complexity index is 976. The highest BCUT2D eigenvalue weighted by atomic mass is 19.2. The Morgan fingerprint density at radius 2 is 1.36 bits per heavy atom. The van der Waals surface area contributed by atoms with E-state index >= 15 is 0 Å². The van der Waals surface area contributed by atoms with E-state index < -0.39 is 57.0 Å². The molecule has 0 fully saturated rings. The lowest BCUT2D eigenvalue weighted by molar-refractivity contribution is -0.384. The van der Waals surface area contributed by atoms with Crippen molar-refractivity contribution in [1.82, 2.24) is 10.2 Å². The van der Waals surface area contributed by atoms with Gasteiger partial charge in [0.15, 0.2) is 23.3 Å². The number of nitro benzene ring substituents is 1. The Labute approximate surface area is 134 Å². The van der Waals surface area contributed by atoms with Crippen molar-refractivity contribution in [3.8, 4) is 22.9 Å². The molecular weight excluding hydrogens is 353 g/mol. The summed E-state index contributed by atoms with van der Waals surface area (Å²) in [5.41, 5.74) is -2.06. The van der Waals surface area contributed by atoms with Crippen LogP contribution in [0.1, 0.15) is 0 Å². The van der Waals surface area contributed by atoms with Gasteiger partial charge in [0.2, 0.25) is 5.82 Å². The van der Waals surface area contributed by atoms with E-state index in [1.165, 1.54) is 18.2 Å². The van der Waals surface area contributed by atoms with E-state index in [9.17, 15) is 32.1 Å². The molecule has 0 unspecified atom stereocenters. The summed E-state index contributed by atoms with van der Waals surface area (Å²) in [6.45, 7) is 0. The van der Waals surface area contributed by atoms with Crippen LogP contribution in [0.2, 0.25) is 0 Å². The number of benzene rings is 2. The summed E-state index contributed by atoms with van der Waals surface area (Å²) >= 11 is 0. The fraction of sp³-hybridized carbons (Fsp3) is 0. The minimum atomic E-state index is -2.34. The molecule has 6 nitrogen and oxygen atoms in total. The van der Waals surface area contributed by atoms with Gasteiger partial charge in [0, 0.05) is 6.07 Å². The molecule has 3 rings (SSSR count).